The molecule has 0 spiro atoms. The van der Waals surface area contributed by atoms with Gasteiger partial charge in [-0.1, -0.05) is 41.6 Å². The second-order valence-electron chi connectivity index (χ2n) is 7.73. The van der Waals surface area contributed by atoms with E-state index >= 15 is 0 Å². The molecule has 0 radical (unpaired) electrons. The molecule has 7 nitrogen and oxygen atoms in total. The van der Waals surface area contributed by atoms with Crippen molar-refractivity contribution in [2.75, 3.05) is 19.5 Å². The van der Waals surface area contributed by atoms with E-state index in [2.05, 4.69) is 5.32 Å². The molecule has 1 N–H and O–H groups in total. The van der Waals surface area contributed by atoms with Crippen LogP contribution in [0, 0.1) is 0 Å². The predicted octanol–water partition coefficient (Wildman–Crippen LogP) is 5.52. The van der Waals surface area contributed by atoms with E-state index in [1.54, 1.807) is 43.4 Å². The summed E-state index contributed by atoms with van der Waals surface area (Å²) in [6.45, 7) is 0.331. The van der Waals surface area contributed by atoms with Gasteiger partial charge in [-0.25, -0.2) is 4.99 Å². The fourth-order valence-electron chi connectivity index (χ4n) is 3.50. The molecule has 0 aliphatic carbocycles. The van der Waals surface area contributed by atoms with Crippen LogP contribution in [-0.2, 0) is 16.1 Å². The molecule has 1 aliphatic rings. The Hall–Kier alpha value is -3.49. The van der Waals surface area contributed by atoms with E-state index < -0.39 is 5.25 Å². The number of ether oxygens (including phenoxy) is 2. The first-order chi connectivity index (χ1) is 16.9. The van der Waals surface area contributed by atoms with Gasteiger partial charge in [-0.2, -0.15) is 0 Å². The average Bonchev–Trinajstić information content (AvgIpc) is 3.13. The number of methoxy groups -OCH3 is 2. The smallest absolute Gasteiger partial charge is 0.242 e. The Balaban J connectivity index is 1.54. The number of carbonyl (C=O) groups excluding carboxylic acids is 2. The number of halogens is 1. The Morgan fingerprint density at radius 3 is 2.31 bits per heavy atom. The summed E-state index contributed by atoms with van der Waals surface area (Å²) in [5.74, 6) is 1.01. The maximum absolute atomic E-state index is 13.4. The number of anilines is 1. The zero-order valence-electron chi connectivity index (χ0n) is 19.2. The first-order valence-corrected chi connectivity index (χ1v) is 12.1. The SMILES string of the molecule is COc1ccc(CN2C(=O)[C@@H](CC(=O)Nc3cccc(Cl)c3)SC2=Nc2ccc(OC)cc2)cc1. The Kier molecular flexibility index (Phi) is 7.94. The van der Waals surface area contributed by atoms with Crippen molar-refractivity contribution in [3.05, 3.63) is 83.4 Å². The van der Waals surface area contributed by atoms with Crippen molar-refractivity contribution >= 4 is 51.7 Å². The Morgan fingerprint density at radius 2 is 1.69 bits per heavy atom. The van der Waals surface area contributed by atoms with Gasteiger partial charge in [-0.15, -0.1) is 0 Å². The highest BCUT2D eigenvalue weighted by Crippen LogP contribution is 2.33. The largest absolute Gasteiger partial charge is 0.497 e. The first-order valence-electron chi connectivity index (χ1n) is 10.8. The van der Waals surface area contributed by atoms with Gasteiger partial charge >= 0.3 is 0 Å². The van der Waals surface area contributed by atoms with Crippen molar-refractivity contribution in [2.45, 2.75) is 18.2 Å². The van der Waals surface area contributed by atoms with Gasteiger partial charge in [-0.05, 0) is 60.2 Å². The second kappa shape index (κ2) is 11.3. The van der Waals surface area contributed by atoms with E-state index in [-0.39, 0.29) is 18.2 Å². The molecule has 180 valence electrons. The highest BCUT2D eigenvalue weighted by molar-refractivity contribution is 8.15. The molecule has 1 saturated heterocycles. The van der Waals surface area contributed by atoms with E-state index in [0.29, 0.717) is 28.1 Å². The van der Waals surface area contributed by atoms with Gasteiger partial charge < -0.3 is 14.8 Å². The van der Waals surface area contributed by atoms with Gasteiger partial charge in [0.05, 0.1) is 26.5 Å². The van der Waals surface area contributed by atoms with Crippen molar-refractivity contribution < 1.29 is 19.1 Å². The van der Waals surface area contributed by atoms with Gasteiger partial charge in [0.15, 0.2) is 5.17 Å². The summed E-state index contributed by atoms with van der Waals surface area (Å²) in [5.41, 5.74) is 2.19. The second-order valence-corrected chi connectivity index (χ2v) is 9.34. The number of aliphatic imine (C=N–C) groups is 1. The summed E-state index contributed by atoms with van der Waals surface area (Å²) in [6, 6.07) is 21.7. The van der Waals surface area contributed by atoms with Gasteiger partial charge in [0, 0.05) is 17.1 Å². The Labute approximate surface area is 213 Å². The van der Waals surface area contributed by atoms with E-state index in [4.69, 9.17) is 26.1 Å². The lowest BCUT2D eigenvalue weighted by Gasteiger charge is -2.17. The van der Waals surface area contributed by atoms with Gasteiger partial charge in [-0.3, -0.25) is 14.5 Å². The number of benzene rings is 3. The van der Waals surface area contributed by atoms with Crippen molar-refractivity contribution in [3.63, 3.8) is 0 Å². The zero-order valence-corrected chi connectivity index (χ0v) is 20.8. The van der Waals surface area contributed by atoms with E-state index in [1.807, 2.05) is 48.5 Å². The lowest BCUT2D eigenvalue weighted by atomic mass is 10.2. The van der Waals surface area contributed by atoms with Crippen LogP contribution in [0.5, 0.6) is 11.5 Å². The van der Waals surface area contributed by atoms with Crippen LogP contribution < -0.4 is 14.8 Å². The van der Waals surface area contributed by atoms with Crippen LogP contribution in [0.3, 0.4) is 0 Å². The number of hydrogen-bond acceptors (Lipinski definition) is 6. The molecule has 0 bridgehead atoms. The Morgan fingerprint density at radius 1 is 1.03 bits per heavy atom. The van der Waals surface area contributed by atoms with Crippen LogP contribution in [0.15, 0.2) is 77.8 Å². The molecular formula is C26H24ClN3O4S. The number of amidine groups is 1. The fraction of sp³-hybridized carbons (Fsp3) is 0.192. The lowest BCUT2D eigenvalue weighted by Crippen LogP contribution is -2.33. The average molecular weight is 510 g/mol. The third kappa shape index (κ3) is 6.35. The van der Waals surface area contributed by atoms with Gasteiger partial charge in [0.1, 0.15) is 16.7 Å². The fourth-order valence-corrected chi connectivity index (χ4v) is 4.85. The minimum Gasteiger partial charge on any atom is -0.497 e. The van der Waals surface area contributed by atoms with Crippen molar-refractivity contribution in [2.24, 2.45) is 4.99 Å². The topological polar surface area (TPSA) is 80.2 Å². The molecule has 1 atom stereocenters. The number of thioether (sulfide) groups is 1. The van der Waals surface area contributed by atoms with Crippen LogP contribution in [0.4, 0.5) is 11.4 Å². The number of rotatable bonds is 8. The highest BCUT2D eigenvalue weighted by Gasteiger charge is 2.39. The number of amides is 2. The first kappa shape index (κ1) is 24.6. The molecule has 1 heterocycles. The molecule has 1 fully saturated rings. The van der Waals surface area contributed by atoms with Crippen LogP contribution in [-0.4, -0.2) is 41.4 Å². The van der Waals surface area contributed by atoms with Crippen molar-refractivity contribution in [3.8, 4) is 11.5 Å². The summed E-state index contributed by atoms with van der Waals surface area (Å²) < 4.78 is 10.4. The minimum absolute atomic E-state index is 0.0107. The minimum atomic E-state index is -0.593. The molecule has 0 aromatic heterocycles. The Bertz CT molecular complexity index is 1230. The molecule has 3 aromatic rings. The number of hydrogen-bond donors (Lipinski definition) is 1. The molecule has 1 aliphatic heterocycles. The molecule has 4 rings (SSSR count). The van der Waals surface area contributed by atoms with Crippen LogP contribution >= 0.6 is 23.4 Å². The lowest BCUT2D eigenvalue weighted by molar-refractivity contribution is -0.128. The summed E-state index contributed by atoms with van der Waals surface area (Å²) in [5, 5.41) is 3.28. The van der Waals surface area contributed by atoms with Crippen LogP contribution in [0.1, 0.15) is 12.0 Å². The normalized spacial score (nSPS) is 16.4. The third-order valence-corrected chi connectivity index (χ3v) is 6.71. The molecule has 0 unspecified atom stereocenters. The third-order valence-electron chi connectivity index (χ3n) is 5.30. The molecule has 9 heteroatoms. The van der Waals surface area contributed by atoms with E-state index in [9.17, 15) is 9.59 Å². The van der Waals surface area contributed by atoms with Crippen molar-refractivity contribution in [1.82, 2.24) is 4.90 Å². The van der Waals surface area contributed by atoms with Crippen LogP contribution in [0.25, 0.3) is 0 Å². The summed E-state index contributed by atoms with van der Waals surface area (Å²) in [7, 11) is 3.20. The monoisotopic (exact) mass is 509 g/mol. The number of nitrogens with zero attached hydrogens (tertiary/aromatic N) is 2. The highest BCUT2D eigenvalue weighted by atomic mass is 35.5. The van der Waals surface area contributed by atoms with Gasteiger partial charge in [0.2, 0.25) is 11.8 Å². The van der Waals surface area contributed by atoms with Crippen LogP contribution in [0.2, 0.25) is 5.02 Å². The van der Waals surface area contributed by atoms with E-state index in [0.717, 1.165) is 17.1 Å². The number of nitrogens with one attached hydrogen (secondary N) is 1. The summed E-state index contributed by atoms with van der Waals surface area (Å²) >= 11 is 7.29. The molecule has 2 amide bonds. The standard InChI is InChI=1S/C26H24ClN3O4S/c1-33-21-10-6-17(7-11-21)16-30-25(32)23(15-24(31)28-20-5-3-4-18(27)14-20)35-26(30)29-19-8-12-22(34-2)13-9-19/h3-14,23H,15-16H2,1-2H3,(H,28,31)/t23-/m1/s1. The predicted molar refractivity (Wildman–Crippen MR) is 140 cm³/mol. The van der Waals surface area contributed by atoms with E-state index in [1.165, 1.54) is 11.8 Å². The molecule has 0 saturated carbocycles. The summed E-state index contributed by atoms with van der Waals surface area (Å²) in [4.78, 5) is 32.4. The molecule has 35 heavy (non-hydrogen) atoms. The molecule has 3 aromatic carbocycles. The maximum Gasteiger partial charge on any atom is 0.242 e. The maximum atomic E-state index is 13.4. The summed E-state index contributed by atoms with van der Waals surface area (Å²) in [6.07, 6.45) is 0.0107. The zero-order chi connectivity index (χ0) is 24.8. The van der Waals surface area contributed by atoms with Gasteiger partial charge in [0.25, 0.3) is 0 Å². The molecular weight excluding hydrogens is 486 g/mol. The number of carbonyl (C=O) groups is 2. The quantitative estimate of drug-likeness (QED) is 0.432. The van der Waals surface area contributed by atoms with Crippen molar-refractivity contribution in [1.29, 1.82) is 0 Å².